The Balaban J connectivity index is 2.41. The third kappa shape index (κ3) is 7.83. The van der Waals surface area contributed by atoms with E-state index < -0.39 is 23.8 Å². The van der Waals surface area contributed by atoms with Crippen molar-refractivity contribution in [2.75, 3.05) is 27.7 Å². The molecule has 5 nitrogen and oxygen atoms in total. The van der Waals surface area contributed by atoms with Crippen LogP contribution in [0.5, 0.6) is 0 Å². The maximum Gasteiger partial charge on any atom is 0.417 e. The molecule has 178 valence electrons. The Labute approximate surface area is 192 Å². The number of carbonyl (C=O) groups is 2. The first-order valence-electron chi connectivity index (χ1n) is 10.5. The van der Waals surface area contributed by atoms with Crippen molar-refractivity contribution in [2.24, 2.45) is 5.73 Å². The van der Waals surface area contributed by atoms with Crippen LogP contribution in [0.2, 0.25) is 0 Å². The van der Waals surface area contributed by atoms with Gasteiger partial charge in [0.15, 0.2) is 0 Å². The average Bonchev–Trinajstić information content (AvgIpc) is 2.76. The molecule has 8 heteroatoms. The molecule has 0 spiro atoms. The summed E-state index contributed by atoms with van der Waals surface area (Å²) in [5, 5.41) is 0. The van der Waals surface area contributed by atoms with E-state index >= 15 is 0 Å². The summed E-state index contributed by atoms with van der Waals surface area (Å²) in [6.07, 6.45) is -3.89. The number of hydrogen-bond donors (Lipinski definition) is 1. The number of alkyl halides is 3. The van der Waals surface area contributed by atoms with E-state index in [0.29, 0.717) is 24.1 Å². The summed E-state index contributed by atoms with van der Waals surface area (Å²) in [6.45, 7) is 0.690. The number of aldehydes is 1. The lowest BCUT2D eigenvalue weighted by atomic mass is 9.93. The van der Waals surface area contributed by atoms with Crippen LogP contribution >= 0.6 is 0 Å². The Hall–Kier alpha value is -2.97. The number of nitrogens with zero attached hydrogens (tertiary/aromatic N) is 1. The van der Waals surface area contributed by atoms with Gasteiger partial charge in [-0.1, -0.05) is 48.5 Å². The second-order valence-electron chi connectivity index (χ2n) is 8.10. The molecule has 0 saturated heterocycles. The molecule has 0 amide bonds. The molecule has 0 unspecified atom stereocenters. The van der Waals surface area contributed by atoms with Gasteiger partial charge in [-0.3, -0.25) is 9.59 Å². The first-order valence-corrected chi connectivity index (χ1v) is 10.5. The largest absolute Gasteiger partial charge is 0.468 e. The lowest BCUT2D eigenvalue weighted by molar-refractivity contribution is -0.142. The number of allylic oxidation sites excluding steroid dienone is 2. The van der Waals surface area contributed by atoms with Crippen LogP contribution < -0.4 is 5.73 Å². The highest BCUT2D eigenvalue weighted by Gasteiger charge is 2.37. The molecule has 0 heterocycles. The van der Waals surface area contributed by atoms with Crippen molar-refractivity contribution >= 4 is 17.8 Å². The summed E-state index contributed by atoms with van der Waals surface area (Å²) in [4.78, 5) is 25.3. The summed E-state index contributed by atoms with van der Waals surface area (Å²) in [5.74, 6) is -0.581. The van der Waals surface area contributed by atoms with Gasteiger partial charge in [0.1, 0.15) is 12.3 Å². The lowest BCUT2D eigenvalue weighted by Crippen LogP contribution is -2.33. The SMILES string of the molecule is COC(=O)[C@@H](N)Cc1cccc(C/C(C=O)=C(/c2cccc(CCN(C)C)c2)C(F)(F)F)c1. The van der Waals surface area contributed by atoms with Crippen LogP contribution in [0.15, 0.2) is 54.1 Å². The third-order valence-electron chi connectivity index (χ3n) is 5.16. The van der Waals surface area contributed by atoms with Gasteiger partial charge in [0.2, 0.25) is 0 Å². The molecular formula is C25H29F3N2O3. The van der Waals surface area contributed by atoms with E-state index in [1.807, 2.05) is 19.0 Å². The Morgan fingerprint density at radius 1 is 1.09 bits per heavy atom. The smallest absolute Gasteiger partial charge is 0.417 e. The van der Waals surface area contributed by atoms with Crippen LogP contribution in [0.1, 0.15) is 22.3 Å². The van der Waals surface area contributed by atoms with Gasteiger partial charge in [0, 0.05) is 18.5 Å². The molecule has 0 aliphatic rings. The number of likely N-dealkylation sites (N-methyl/N-ethyl adjacent to an activating group) is 1. The minimum absolute atomic E-state index is 0.0373. The predicted molar refractivity (Wildman–Crippen MR) is 122 cm³/mol. The van der Waals surface area contributed by atoms with E-state index in [9.17, 15) is 22.8 Å². The molecule has 33 heavy (non-hydrogen) atoms. The van der Waals surface area contributed by atoms with Crippen LogP contribution in [0.3, 0.4) is 0 Å². The quantitative estimate of drug-likeness (QED) is 0.332. The normalized spacial score (nSPS) is 13.5. The highest BCUT2D eigenvalue weighted by molar-refractivity contribution is 5.90. The molecule has 0 radical (unpaired) electrons. The number of benzene rings is 2. The van der Waals surface area contributed by atoms with Crippen molar-refractivity contribution in [3.05, 3.63) is 76.4 Å². The molecule has 0 aliphatic carbocycles. The second-order valence-corrected chi connectivity index (χ2v) is 8.10. The highest BCUT2D eigenvalue weighted by atomic mass is 19.4. The molecule has 2 aromatic carbocycles. The molecule has 0 aromatic heterocycles. The molecular weight excluding hydrogens is 433 g/mol. The zero-order chi connectivity index (χ0) is 24.6. The van der Waals surface area contributed by atoms with Gasteiger partial charge in [0.25, 0.3) is 0 Å². The van der Waals surface area contributed by atoms with Crippen molar-refractivity contribution in [2.45, 2.75) is 31.5 Å². The molecule has 0 fully saturated rings. The minimum atomic E-state index is -4.71. The number of nitrogens with two attached hydrogens (primary N) is 1. The Bertz CT molecular complexity index is 1000. The maximum atomic E-state index is 14.1. The zero-order valence-corrected chi connectivity index (χ0v) is 19.0. The monoisotopic (exact) mass is 462 g/mol. The number of methoxy groups -OCH3 is 1. The van der Waals surface area contributed by atoms with E-state index in [4.69, 9.17) is 5.73 Å². The number of halogens is 3. The highest BCUT2D eigenvalue weighted by Crippen LogP contribution is 2.37. The number of esters is 1. The lowest BCUT2D eigenvalue weighted by Gasteiger charge is -2.17. The number of ether oxygens (including phenoxy) is 1. The van der Waals surface area contributed by atoms with Gasteiger partial charge < -0.3 is 15.4 Å². The zero-order valence-electron chi connectivity index (χ0n) is 19.0. The molecule has 0 bridgehead atoms. The van der Waals surface area contributed by atoms with Gasteiger partial charge in [0.05, 0.1) is 12.7 Å². The van der Waals surface area contributed by atoms with Gasteiger partial charge in [-0.25, -0.2) is 0 Å². The topological polar surface area (TPSA) is 72.6 Å². The van der Waals surface area contributed by atoms with E-state index in [1.165, 1.54) is 19.2 Å². The molecule has 2 aromatic rings. The van der Waals surface area contributed by atoms with E-state index in [-0.39, 0.29) is 30.3 Å². The maximum absolute atomic E-state index is 14.1. The predicted octanol–water partition coefficient (Wildman–Crippen LogP) is 3.59. The van der Waals surface area contributed by atoms with Crippen LogP contribution in [0.4, 0.5) is 13.2 Å². The molecule has 0 saturated carbocycles. The van der Waals surface area contributed by atoms with Crippen LogP contribution in [-0.4, -0.2) is 57.1 Å². The number of carbonyl (C=O) groups excluding carboxylic acids is 2. The van der Waals surface area contributed by atoms with Crippen molar-refractivity contribution in [3.63, 3.8) is 0 Å². The Morgan fingerprint density at radius 2 is 1.73 bits per heavy atom. The van der Waals surface area contributed by atoms with E-state index in [0.717, 1.165) is 5.56 Å². The molecule has 1 atom stereocenters. The van der Waals surface area contributed by atoms with Gasteiger partial charge in [-0.15, -0.1) is 0 Å². The van der Waals surface area contributed by atoms with E-state index in [2.05, 4.69) is 4.74 Å². The Morgan fingerprint density at radius 3 is 2.33 bits per heavy atom. The van der Waals surface area contributed by atoms with Gasteiger partial charge in [-0.05, 0) is 49.2 Å². The first kappa shape index (κ1) is 26.3. The van der Waals surface area contributed by atoms with Crippen LogP contribution in [0.25, 0.3) is 5.57 Å². The van der Waals surface area contributed by atoms with Crippen LogP contribution in [-0.2, 0) is 33.6 Å². The number of rotatable bonds is 10. The molecule has 2 rings (SSSR count). The summed E-state index contributed by atoms with van der Waals surface area (Å²) in [6, 6.07) is 12.0. The van der Waals surface area contributed by atoms with Crippen molar-refractivity contribution < 1.29 is 27.5 Å². The summed E-state index contributed by atoms with van der Waals surface area (Å²) in [7, 11) is 5.01. The fraction of sp³-hybridized carbons (Fsp3) is 0.360. The second kappa shape index (κ2) is 11.8. The molecule has 0 aliphatic heterocycles. The average molecular weight is 463 g/mol. The minimum Gasteiger partial charge on any atom is -0.468 e. The molecule has 2 N–H and O–H groups in total. The third-order valence-corrected chi connectivity index (χ3v) is 5.16. The van der Waals surface area contributed by atoms with E-state index in [1.54, 1.807) is 36.4 Å². The van der Waals surface area contributed by atoms with Gasteiger partial charge in [-0.2, -0.15) is 13.2 Å². The van der Waals surface area contributed by atoms with Crippen molar-refractivity contribution in [1.82, 2.24) is 4.90 Å². The fourth-order valence-electron chi connectivity index (χ4n) is 3.53. The Kier molecular flexibility index (Phi) is 9.37. The summed E-state index contributed by atoms with van der Waals surface area (Å²) in [5.41, 5.74) is 6.37. The van der Waals surface area contributed by atoms with Crippen molar-refractivity contribution in [1.29, 1.82) is 0 Å². The van der Waals surface area contributed by atoms with Crippen LogP contribution in [0, 0.1) is 0 Å². The number of hydrogen-bond acceptors (Lipinski definition) is 5. The fourth-order valence-corrected chi connectivity index (χ4v) is 3.53. The first-order chi connectivity index (χ1) is 15.5. The van der Waals surface area contributed by atoms with Gasteiger partial charge >= 0.3 is 12.1 Å². The standard InChI is InChI=1S/C25H29F3N2O3/c1-30(2)11-10-17-6-5-9-20(13-17)23(25(26,27)28)21(16-31)14-18-7-4-8-19(12-18)15-22(29)24(32)33-3/h4-9,12-13,16,22H,10-11,14-15,29H2,1-3H3/b23-21+/t22-/m0/s1. The summed E-state index contributed by atoms with van der Waals surface area (Å²) < 4.78 is 46.8. The van der Waals surface area contributed by atoms with Crippen molar-refractivity contribution in [3.8, 4) is 0 Å². The summed E-state index contributed by atoms with van der Waals surface area (Å²) >= 11 is 0.